The van der Waals surface area contributed by atoms with Crippen LogP contribution in [0.3, 0.4) is 0 Å². The highest BCUT2D eigenvalue weighted by molar-refractivity contribution is 5.51. The SMILES string of the molecule is N#CC/C=C/c1cccc(O)c1. The van der Waals surface area contributed by atoms with Gasteiger partial charge in [0.1, 0.15) is 5.75 Å². The number of hydrogen-bond acceptors (Lipinski definition) is 2. The average molecular weight is 159 g/mol. The number of phenols is 1. The van der Waals surface area contributed by atoms with Crippen molar-refractivity contribution in [1.82, 2.24) is 0 Å². The number of aromatic hydroxyl groups is 1. The molecule has 2 heteroatoms. The molecule has 0 bridgehead atoms. The molecule has 0 aliphatic rings. The van der Waals surface area contributed by atoms with Crippen molar-refractivity contribution in [3.63, 3.8) is 0 Å². The second-order valence-corrected chi connectivity index (χ2v) is 2.36. The minimum Gasteiger partial charge on any atom is -0.508 e. The summed E-state index contributed by atoms with van der Waals surface area (Å²) in [6.45, 7) is 0. The normalized spacial score (nSPS) is 9.92. The maximum atomic E-state index is 9.07. The molecule has 12 heavy (non-hydrogen) atoms. The Morgan fingerprint density at radius 2 is 2.33 bits per heavy atom. The first kappa shape index (κ1) is 8.35. The summed E-state index contributed by atoms with van der Waals surface area (Å²) >= 11 is 0. The number of nitriles is 1. The van der Waals surface area contributed by atoms with Crippen molar-refractivity contribution in [1.29, 1.82) is 5.26 Å². The van der Waals surface area contributed by atoms with E-state index >= 15 is 0 Å². The maximum Gasteiger partial charge on any atom is 0.116 e. The van der Waals surface area contributed by atoms with Crippen LogP contribution in [0.4, 0.5) is 0 Å². The van der Waals surface area contributed by atoms with Crippen LogP contribution in [0.25, 0.3) is 6.08 Å². The maximum absolute atomic E-state index is 9.07. The van der Waals surface area contributed by atoms with Crippen molar-refractivity contribution in [3.05, 3.63) is 35.9 Å². The van der Waals surface area contributed by atoms with Gasteiger partial charge in [0.15, 0.2) is 0 Å². The number of rotatable bonds is 2. The van der Waals surface area contributed by atoms with Crippen molar-refractivity contribution in [2.45, 2.75) is 6.42 Å². The Morgan fingerprint density at radius 3 is 3.00 bits per heavy atom. The summed E-state index contributed by atoms with van der Waals surface area (Å²) in [5.74, 6) is 0.245. The molecule has 0 radical (unpaired) electrons. The monoisotopic (exact) mass is 159 g/mol. The van der Waals surface area contributed by atoms with Crippen LogP contribution >= 0.6 is 0 Å². The third kappa shape index (κ3) is 2.47. The quantitative estimate of drug-likeness (QED) is 0.719. The van der Waals surface area contributed by atoms with Gasteiger partial charge in [-0.05, 0) is 17.7 Å². The molecule has 0 saturated carbocycles. The van der Waals surface area contributed by atoms with Crippen molar-refractivity contribution >= 4 is 6.08 Å². The molecule has 0 aliphatic heterocycles. The number of allylic oxidation sites excluding steroid dienone is 1. The minimum atomic E-state index is 0.245. The lowest BCUT2D eigenvalue weighted by Gasteiger charge is -1.92. The summed E-state index contributed by atoms with van der Waals surface area (Å²) in [5.41, 5.74) is 0.908. The van der Waals surface area contributed by atoms with Crippen LogP contribution in [0.1, 0.15) is 12.0 Å². The number of hydrogen-bond donors (Lipinski definition) is 1. The van der Waals surface area contributed by atoms with E-state index in [-0.39, 0.29) is 5.75 Å². The van der Waals surface area contributed by atoms with Crippen LogP contribution in [0.2, 0.25) is 0 Å². The second kappa shape index (κ2) is 4.20. The molecule has 0 aliphatic carbocycles. The molecule has 0 unspecified atom stereocenters. The summed E-state index contributed by atoms with van der Waals surface area (Å²) < 4.78 is 0. The van der Waals surface area contributed by atoms with Crippen LogP contribution in [-0.4, -0.2) is 5.11 Å². The number of phenolic OH excluding ortho intramolecular Hbond substituents is 1. The van der Waals surface area contributed by atoms with Crippen LogP contribution < -0.4 is 0 Å². The molecule has 0 atom stereocenters. The predicted octanol–water partition coefficient (Wildman–Crippen LogP) is 2.32. The van der Waals surface area contributed by atoms with Crippen molar-refractivity contribution < 1.29 is 5.11 Å². The minimum absolute atomic E-state index is 0.245. The first-order valence-electron chi connectivity index (χ1n) is 3.65. The standard InChI is InChI=1S/C10H9NO/c11-7-2-1-4-9-5-3-6-10(12)8-9/h1,3-6,8,12H,2H2/b4-1+. The van der Waals surface area contributed by atoms with Crippen molar-refractivity contribution in [2.24, 2.45) is 0 Å². The molecule has 1 aromatic carbocycles. The zero-order valence-electron chi connectivity index (χ0n) is 6.57. The van der Waals surface area contributed by atoms with Gasteiger partial charge in [-0.2, -0.15) is 5.26 Å². The molecule has 60 valence electrons. The van der Waals surface area contributed by atoms with Gasteiger partial charge in [0, 0.05) is 0 Å². The van der Waals surface area contributed by atoms with Gasteiger partial charge in [-0.3, -0.25) is 0 Å². The Hall–Kier alpha value is -1.75. The smallest absolute Gasteiger partial charge is 0.116 e. The van der Waals surface area contributed by atoms with Gasteiger partial charge in [-0.15, -0.1) is 0 Å². The van der Waals surface area contributed by atoms with Crippen LogP contribution in [0.5, 0.6) is 5.75 Å². The molecule has 1 aromatic rings. The summed E-state index contributed by atoms with van der Waals surface area (Å²) in [6, 6.07) is 8.90. The fraction of sp³-hybridized carbons (Fsp3) is 0.100. The van der Waals surface area contributed by atoms with Crippen LogP contribution in [-0.2, 0) is 0 Å². The molecule has 1 N–H and O–H groups in total. The number of benzene rings is 1. The van der Waals surface area contributed by atoms with Gasteiger partial charge in [0.2, 0.25) is 0 Å². The summed E-state index contributed by atoms with van der Waals surface area (Å²) in [5, 5.41) is 17.3. The second-order valence-electron chi connectivity index (χ2n) is 2.36. The van der Waals surface area contributed by atoms with E-state index in [0.717, 1.165) is 5.56 Å². The predicted molar refractivity (Wildman–Crippen MR) is 47.4 cm³/mol. The zero-order chi connectivity index (χ0) is 8.81. The van der Waals surface area contributed by atoms with Crippen LogP contribution in [0.15, 0.2) is 30.3 Å². The van der Waals surface area contributed by atoms with E-state index in [1.807, 2.05) is 18.2 Å². The molecule has 0 amide bonds. The van der Waals surface area contributed by atoms with E-state index in [1.165, 1.54) is 0 Å². The summed E-state index contributed by atoms with van der Waals surface area (Å²) in [7, 11) is 0. The molecule has 1 rings (SSSR count). The van der Waals surface area contributed by atoms with Gasteiger partial charge < -0.3 is 5.11 Å². The fourth-order valence-corrected chi connectivity index (χ4v) is 0.876. The van der Waals surface area contributed by atoms with E-state index in [0.29, 0.717) is 6.42 Å². The first-order chi connectivity index (χ1) is 5.83. The lowest BCUT2D eigenvalue weighted by atomic mass is 10.2. The average Bonchev–Trinajstić information content (AvgIpc) is 2.05. The summed E-state index contributed by atoms with van der Waals surface area (Å²) in [4.78, 5) is 0. The van der Waals surface area contributed by atoms with E-state index in [1.54, 1.807) is 24.3 Å². The van der Waals surface area contributed by atoms with Crippen LogP contribution in [0, 0.1) is 11.3 Å². The van der Waals surface area contributed by atoms with Gasteiger partial charge in [0.05, 0.1) is 12.5 Å². The largest absolute Gasteiger partial charge is 0.508 e. The highest BCUT2D eigenvalue weighted by Gasteiger charge is 1.87. The molecule has 2 nitrogen and oxygen atoms in total. The van der Waals surface area contributed by atoms with E-state index < -0.39 is 0 Å². The Kier molecular flexibility index (Phi) is 2.92. The molecule has 0 fully saturated rings. The third-order valence-corrected chi connectivity index (χ3v) is 1.39. The van der Waals surface area contributed by atoms with Gasteiger partial charge >= 0.3 is 0 Å². The van der Waals surface area contributed by atoms with Crippen molar-refractivity contribution in [2.75, 3.05) is 0 Å². The van der Waals surface area contributed by atoms with Gasteiger partial charge in [-0.1, -0.05) is 24.3 Å². The molecular weight excluding hydrogens is 150 g/mol. The third-order valence-electron chi connectivity index (χ3n) is 1.39. The molecule has 0 aromatic heterocycles. The van der Waals surface area contributed by atoms with Crippen molar-refractivity contribution in [3.8, 4) is 11.8 Å². The van der Waals surface area contributed by atoms with E-state index in [4.69, 9.17) is 10.4 Å². The fourth-order valence-electron chi connectivity index (χ4n) is 0.876. The zero-order valence-corrected chi connectivity index (χ0v) is 6.57. The molecular formula is C10H9NO. The molecule has 0 heterocycles. The summed E-state index contributed by atoms with van der Waals surface area (Å²) in [6.07, 6.45) is 3.97. The topological polar surface area (TPSA) is 44.0 Å². The lowest BCUT2D eigenvalue weighted by Crippen LogP contribution is -1.70. The number of nitrogens with zero attached hydrogens (tertiary/aromatic N) is 1. The van der Waals surface area contributed by atoms with E-state index in [9.17, 15) is 0 Å². The van der Waals surface area contributed by atoms with Gasteiger partial charge in [-0.25, -0.2) is 0 Å². The Morgan fingerprint density at radius 1 is 1.50 bits per heavy atom. The Labute approximate surface area is 71.4 Å². The van der Waals surface area contributed by atoms with Gasteiger partial charge in [0.25, 0.3) is 0 Å². The highest BCUT2D eigenvalue weighted by atomic mass is 16.3. The lowest BCUT2D eigenvalue weighted by molar-refractivity contribution is 0.475. The first-order valence-corrected chi connectivity index (χ1v) is 3.65. The highest BCUT2D eigenvalue weighted by Crippen LogP contribution is 2.11. The molecule has 0 saturated heterocycles. The molecule has 0 spiro atoms. The Bertz CT molecular complexity index is 323. The Balaban J connectivity index is 2.71. The van der Waals surface area contributed by atoms with E-state index in [2.05, 4.69) is 0 Å².